The number of hydrogen-bond donors (Lipinski definition) is 3. The predicted molar refractivity (Wildman–Crippen MR) is 156 cm³/mol. The van der Waals surface area contributed by atoms with E-state index in [4.69, 9.17) is 23.2 Å². The Morgan fingerprint density at radius 3 is 2.51 bits per heavy atom. The van der Waals surface area contributed by atoms with Crippen LogP contribution in [0.4, 0.5) is 15.8 Å². The summed E-state index contributed by atoms with van der Waals surface area (Å²) >= 11 is 14.2. The van der Waals surface area contributed by atoms with Crippen molar-refractivity contribution in [1.82, 2.24) is 5.32 Å². The van der Waals surface area contributed by atoms with Crippen molar-refractivity contribution >= 4 is 58.2 Å². The fourth-order valence-corrected chi connectivity index (χ4v) is 7.87. The summed E-state index contributed by atoms with van der Waals surface area (Å²) < 4.78 is 15.9. The number of halogens is 3. The SMILES string of the molecule is CSc1ccc(NC(=O)[C@@H]2NC3(CCCCC3)[C@@]3(C(=O)Nc4cc(Cl)ccc43)[C@H]2c2cccc(Cl)c2F)cc1. The Labute approximate surface area is 241 Å². The smallest absolute Gasteiger partial charge is 0.242 e. The van der Waals surface area contributed by atoms with E-state index in [-0.39, 0.29) is 22.4 Å². The van der Waals surface area contributed by atoms with Gasteiger partial charge in [0.05, 0.1) is 11.1 Å². The lowest BCUT2D eigenvalue weighted by molar-refractivity contribution is -0.124. The van der Waals surface area contributed by atoms with E-state index in [1.165, 1.54) is 6.07 Å². The molecule has 2 amide bonds. The van der Waals surface area contributed by atoms with Crippen molar-refractivity contribution in [3.05, 3.63) is 87.7 Å². The molecule has 5 nitrogen and oxygen atoms in total. The van der Waals surface area contributed by atoms with E-state index >= 15 is 4.39 Å². The van der Waals surface area contributed by atoms with E-state index in [9.17, 15) is 9.59 Å². The summed E-state index contributed by atoms with van der Waals surface area (Å²) in [5.41, 5.74) is 0.192. The zero-order valence-electron chi connectivity index (χ0n) is 21.3. The number of thioether (sulfide) groups is 1. The normalized spacial score (nSPS) is 25.1. The first kappa shape index (κ1) is 26.6. The highest BCUT2D eigenvalue weighted by atomic mass is 35.5. The third-order valence-electron chi connectivity index (χ3n) is 8.66. The molecule has 2 aliphatic heterocycles. The second-order valence-electron chi connectivity index (χ2n) is 10.6. The maximum absolute atomic E-state index is 15.9. The molecule has 2 spiro atoms. The third-order valence-corrected chi connectivity index (χ3v) is 9.93. The third kappa shape index (κ3) is 4.08. The van der Waals surface area contributed by atoms with Crippen LogP contribution in [0, 0.1) is 5.82 Å². The van der Waals surface area contributed by atoms with Gasteiger partial charge in [-0.15, -0.1) is 11.8 Å². The molecule has 0 unspecified atom stereocenters. The quantitative estimate of drug-likeness (QED) is 0.285. The van der Waals surface area contributed by atoms with Crippen LogP contribution < -0.4 is 16.0 Å². The Kier molecular flexibility index (Phi) is 6.91. The van der Waals surface area contributed by atoms with E-state index in [1.807, 2.05) is 36.6 Å². The Morgan fingerprint density at radius 1 is 1.05 bits per heavy atom. The van der Waals surface area contributed by atoms with Crippen molar-refractivity contribution in [1.29, 1.82) is 0 Å². The van der Waals surface area contributed by atoms with Crippen LogP contribution >= 0.6 is 35.0 Å². The van der Waals surface area contributed by atoms with E-state index in [0.29, 0.717) is 29.2 Å². The molecular formula is C30H28Cl2FN3O2S. The number of anilines is 2. The van der Waals surface area contributed by atoms with Gasteiger partial charge < -0.3 is 10.6 Å². The van der Waals surface area contributed by atoms with Gasteiger partial charge in [-0.25, -0.2) is 4.39 Å². The molecule has 6 rings (SSSR count). The Bertz CT molecular complexity index is 1460. The number of benzene rings is 3. The lowest BCUT2D eigenvalue weighted by Crippen LogP contribution is -2.60. The molecule has 3 aliphatic rings. The summed E-state index contributed by atoms with van der Waals surface area (Å²) in [6.45, 7) is 0. The van der Waals surface area contributed by atoms with Gasteiger partial charge in [0.15, 0.2) is 0 Å². The number of hydrogen-bond acceptors (Lipinski definition) is 4. The Balaban J connectivity index is 1.56. The number of carbonyl (C=O) groups is 2. The van der Waals surface area contributed by atoms with Crippen LogP contribution in [-0.4, -0.2) is 29.7 Å². The summed E-state index contributed by atoms with van der Waals surface area (Å²) in [6.07, 6.45) is 6.14. The largest absolute Gasteiger partial charge is 0.325 e. The first-order valence-electron chi connectivity index (χ1n) is 13.1. The standard InChI is InChI=1S/C30H28Cl2FN3O2S/c1-39-19-11-9-18(10-12-19)34-27(37)26-24(20-6-5-7-22(32)25(20)33)30(29(36-26)14-3-2-4-15-29)21-13-8-17(31)16-23(21)35-28(30)38/h5-13,16,24,26,36H,2-4,14-15H2,1H3,(H,34,37)(H,35,38)/t24-,26+,30+/m0/s1. The lowest BCUT2D eigenvalue weighted by Gasteiger charge is -2.47. The summed E-state index contributed by atoms with van der Waals surface area (Å²) in [5, 5.41) is 10.2. The highest BCUT2D eigenvalue weighted by molar-refractivity contribution is 7.98. The lowest BCUT2D eigenvalue weighted by atomic mass is 9.55. The molecular weight excluding hydrogens is 556 g/mol. The van der Waals surface area contributed by atoms with Crippen LogP contribution in [0.5, 0.6) is 0 Å². The predicted octanol–water partition coefficient (Wildman–Crippen LogP) is 7.14. The Morgan fingerprint density at radius 2 is 1.79 bits per heavy atom. The van der Waals surface area contributed by atoms with Gasteiger partial charge in [-0.2, -0.15) is 0 Å². The molecule has 3 atom stereocenters. The molecule has 3 N–H and O–H groups in total. The van der Waals surface area contributed by atoms with E-state index < -0.39 is 28.7 Å². The van der Waals surface area contributed by atoms with Crippen molar-refractivity contribution < 1.29 is 14.0 Å². The van der Waals surface area contributed by atoms with Crippen LogP contribution in [-0.2, 0) is 15.0 Å². The van der Waals surface area contributed by atoms with Gasteiger partial charge >= 0.3 is 0 Å². The monoisotopic (exact) mass is 583 g/mol. The number of amides is 2. The summed E-state index contributed by atoms with van der Waals surface area (Å²) in [5.74, 6) is -2.05. The van der Waals surface area contributed by atoms with Crippen LogP contribution in [0.3, 0.4) is 0 Å². The van der Waals surface area contributed by atoms with Gasteiger partial charge in [0, 0.05) is 32.7 Å². The summed E-state index contributed by atoms with van der Waals surface area (Å²) in [4.78, 5) is 29.5. The molecule has 39 heavy (non-hydrogen) atoms. The minimum atomic E-state index is -1.25. The molecule has 3 aromatic carbocycles. The average molecular weight is 585 g/mol. The first-order valence-corrected chi connectivity index (χ1v) is 15.1. The van der Waals surface area contributed by atoms with Gasteiger partial charge in [0.25, 0.3) is 0 Å². The fourth-order valence-electron chi connectivity index (χ4n) is 7.11. The molecule has 1 saturated heterocycles. The van der Waals surface area contributed by atoms with Crippen molar-refractivity contribution in [2.24, 2.45) is 0 Å². The van der Waals surface area contributed by atoms with Gasteiger partial charge in [0.2, 0.25) is 11.8 Å². The Hall–Kier alpha value is -2.58. The molecule has 202 valence electrons. The number of carbonyl (C=O) groups excluding carboxylic acids is 2. The highest BCUT2D eigenvalue weighted by Gasteiger charge is 2.72. The second kappa shape index (κ2) is 10.1. The molecule has 1 aliphatic carbocycles. The summed E-state index contributed by atoms with van der Waals surface area (Å²) in [7, 11) is 0. The molecule has 0 radical (unpaired) electrons. The van der Waals surface area contributed by atoms with Gasteiger partial charge in [-0.3, -0.25) is 14.9 Å². The van der Waals surface area contributed by atoms with Crippen LogP contribution in [0.25, 0.3) is 0 Å². The topological polar surface area (TPSA) is 70.2 Å². The molecule has 2 fully saturated rings. The highest BCUT2D eigenvalue weighted by Crippen LogP contribution is 2.62. The zero-order valence-corrected chi connectivity index (χ0v) is 23.7. The van der Waals surface area contributed by atoms with Crippen molar-refractivity contribution in [2.75, 3.05) is 16.9 Å². The van der Waals surface area contributed by atoms with E-state index in [0.717, 1.165) is 29.7 Å². The van der Waals surface area contributed by atoms with Crippen LogP contribution in [0.15, 0.2) is 65.6 Å². The molecule has 9 heteroatoms. The fraction of sp³-hybridized carbons (Fsp3) is 0.333. The van der Waals surface area contributed by atoms with Gasteiger partial charge in [-0.1, -0.05) is 60.7 Å². The van der Waals surface area contributed by atoms with Gasteiger partial charge in [0.1, 0.15) is 11.2 Å². The first-order chi connectivity index (χ1) is 18.8. The second-order valence-corrected chi connectivity index (χ2v) is 12.3. The van der Waals surface area contributed by atoms with E-state index in [2.05, 4.69) is 16.0 Å². The molecule has 2 heterocycles. The minimum Gasteiger partial charge on any atom is -0.325 e. The molecule has 3 aromatic rings. The number of fused-ring (bicyclic) bond motifs is 3. The van der Waals surface area contributed by atoms with Gasteiger partial charge in [-0.05, 0) is 72.7 Å². The maximum atomic E-state index is 15.9. The van der Waals surface area contributed by atoms with Crippen LogP contribution in [0.2, 0.25) is 10.0 Å². The van der Waals surface area contributed by atoms with Crippen molar-refractivity contribution in [2.45, 2.75) is 59.9 Å². The van der Waals surface area contributed by atoms with Crippen molar-refractivity contribution in [3.63, 3.8) is 0 Å². The maximum Gasteiger partial charge on any atom is 0.242 e. The van der Waals surface area contributed by atoms with Crippen LogP contribution in [0.1, 0.15) is 49.1 Å². The molecule has 1 saturated carbocycles. The summed E-state index contributed by atoms with van der Waals surface area (Å²) in [6, 6.07) is 16.8. The molecule has 0 aromatic heterocycles. The number of nitrogens with one attached hydrogen (secondary N) is 3. The molecule has 0 bridgehead atoms. The van der Waals surface area contributed by atoms with E-state index in [1.54, 1.807) is 36.0 Å². The zero-order chi connectivity index (χ0) is 27.4. The number of rotatable bonds is 4. The van der Waals surface area contributed by atoms with Crippen molar-refractivity contribution in [3.8, 4) is 0 Å². The average Bonchev–Trinajstić information content (AvgIpc) is 3.38. The minimum absolute atomic E-state index is 0.0474.